The second-order valence-electron chi connectivity index (χ2n) is 4.05. The largest absolute Gasteiger partial charge is 0.475 e. The van der Waals surface area contributed by atoms with E-state index in [2.05, 4.69) is 5.32 Å². The predicted molar refractivity (Wildman–Crippen MR) is 52.4 cm³/mol. The Morgan fingerprint density at radius 3 is 2.93 bits per heavy atom. The fraction of sp³-hybridized carbons (Fsp3) is 0.364. The summed E-state index contributed by atoms with van der Waals surface area (Å²) in [6.45, 7) is 2.01. The van der Waals surface area contributed by atoms with E-state index in [4.69, 9.17) is 4.74 Å². The van der Waals surface area contributed by atoms with E-state index < -0.39 is 5.60 Å². The molecular formula is C11H11NO2. The van der Waals surface area contributed by atoms with Gasteiger partial charge >= 0.3 is 0 Å². The zero-order valence-electron chi connectivity index (χ0n) is 7.96. The Morgan fingerprint density at radius 2 is 2.21 bits per heavy atom. The Kier molecular flexibility index (Phi) is 1.29. The molecule has 0 saturated heterocycles. The normalized spacial score (nSPS) is 21.1. The average Bonchev–Trinajstić information content (AvgIpc) is 2.89. The smallest absolute Gasteiger partial charge is 0.268 e. The minimum Gasteiger partial charge on any atom is -0.475 e. The van der Waals surface area contributed by atoms with Crippen LogP contribution >= 0.6 is 0 Å². The van der Waals surface area contributed by atoms with Crippen LogP contribution in [0.1, 0.15) is 18.4 Å². The lowest BCUT2D eigenvalue weighted by atomic mass is 10.1. The van der Waals surface area contributed by atoms with Crippen molar-refractivity contribution in [3.8, 4) is 5.75 Å². The molecule has 0 radical (unpaired) electrons. The number of hydrogen-bond acceptors (Lipinski definition) is 2. The summed E-state index contributed by atoms with van der Waals surface area (Å²) < 4.78 is 5.71. The molecule has 0 bridgehead atoms. The molecule has 1 aromatic rings. The molecule has 2 aliphatic rings. The first-order valence-electron chi connectivity index (χ1n) is 4.81. The second-order valence-corrected chi connectivity index (χ2v) is 4.05. The maximum atomic E-state index is 11.6. The Labute approximate surface area is 82.1 Å². The number of fused-ring (bicyclic) bond motifs is 1. The number of ether oxygens (including phenoxy) is 1. The maximum absolute atomic E-state index is 11.6. The number of hydrogen-bond donors (Lipinski definition) is 1. The zero-order chi connectivity index (χ0) is 9.76. The van der Waals surface area contributed by atoms with Crippen molar-refractivity contribution >= 4 is 11.6 Å². The SMILES string of the molecule is Cc1ccc2c(c1)OC1(CC1)C(=O)N2. The van der Waals surface area contributed by atoms with E-state index >= 15 is 0 Å². The van der Waals surface area contributed by atoms with Crippen molar-refractivity contribution in [1.29, 1.82) is 0 Å². The van der Waals surface area contributed by atoms with Gasteiger partial charge < -0.3 is 10.1 Å². The van der Waals surface area contributed by atoms with Crippen molar-refractivity contribution in [2.24, 2.45) is 0 Å². The van der Waals surface area contributed by atoms with Crippen LogP contribution in [0.15, 0.2) is 18.2 Å². The molecular weight excluding hydrogens is 178 g/mol. The van der Waals surface area contributed by atoms with E-state index in [0.717, 1.165) is 29.8 Å². The molecule has 1 amide bonds. The van der Waals surface area contributed by atoms with Gasteiger partial charge in [-0.1, -0.05) is 6.07 Å². The molecule has 0 atom stereocenters. The summed E-state index contributed by atoms with van der Waals surface area (Å²) in [6.07, 6.45) is 1.68. The molecule has 1 aliphatic carbocycles. The number of benzene rings is 1. The van der Waals surface area contributed by atoms with Gasteiger partial charge in [0.25, 0.3) is 5.91 Å². The topological polar surface area (TPSA) is 38.3 Å². The van der Waals surface area contributed by atoms with Crippen LogP contribution in [0.4, 0.5) is 5.69 Å². The van der Waals surface area contributed by atoms with Gasteiger partial charge in [0.05, 0.1) is 5.69 Å². The third-order valence-corrected chi connectivity index (χ3v) is 2.81. The summed E-state index contributed by atoms with van der Waals surface area (Å²) in [5.74, 6) is 0.816. The number of carbonyl (C=O) groups excluding carboxylic acids is 1. The van der Waals surface area contributed by atoms with Crippen molar-refractivity contribution in [2.75, 3.05) is 5.32 Å². The van der Waals surface area contributed by atoms with Crippen LogP contribution in [0.25, 0.3) is 0 Å². The van der Waals surface area contributed by atoms with Gasteiger partial charge in [-0.25, -0.2) is 0 Å². The third-order valence-electron chi connectivity index (χ3n) is 2.81. The van der Waals surface area contributed by atoms with Crippen LogP contribution in [-0.4, -0.2) is 11.5 Å². The Hall–Kier alpha value is -1.51. The van der Waals surface area contributed by atoms with Crippen LogP contribution in [0.5, 0.6) is 5.75 Å². The van der Waals surface area contributed by atoms with Crippen molar-refractivity contribution < 1.29 is 9.53 Å². The first kappa shape index (κ1) is 7.85. The second kappa shape index (κ2) is 2.29. The number of aryl methyl sites for hydroxylation is 1. The van der Waals surface area contributed by atoms with Gasteiger partial charge in [0.2, 0.25) is 0 Å². The van der Waals surface area contributed by atoms with Crippen LogP contribution in [0.2, 0.25) is 0 Å². The highest BCUT2D eigenvalue weighted by atomic mass is 16.5. The zero-order valence-corrected chi connectivity index (χ0v) is 7.96. The molecule has 3 nitrogen and oxygen atoms in total. The van der Waals surface area contributed by atoms with Gasteiger partial charge in [0.15, 0.2) is 5.60 Å². The van der Waals surface area contributed by atoms with Crippen LogP contribution in [0, 0.1) is 6.92 Å². The molecule has 14 heavy (non-hydrogen) atoms. The highest BCUT2D eigenvalue weighted by molar-refractivity contribution is 6.02. The molecule has 1 spiro atoms. The van der Waals surface area contributed by atoms with Crippen molar-refractivity contribution in [2.45, 2.75) is 25.4 Å². The summed E-state index contributed by atoms with van der Waals surface area (Å²) in [5.41, 5.74) is 1.41. The minimum absolute atomic E-state index is 0.00820. The fourth-order valence-corrected chi connectivity index (χ4v) is 1.75. The standard InChI is InChI=1S/C11H11NO2/c1-7-2-3-8-9(6-7)14-11(4-5-11)10(13)12-8/h2-3,6H,4-5H2,1H3,(H,12,13). The van der Waals surface area contributed by atoms with Gasteiger partial charge in [-0.2, -0.15) is 0 Å². The molecule has 72 valence electrons. The van der Waals surface area contributed by atoms with Gasteiger partial charge in [-0.15, -0.1) is 0 Å². The molecule has 3 heteroatoms. The van der Waals surface area contributed by atoms with Gasteiger partial charge in [-0.05, 0) is 24.6 Å². The molecule has 1 fully saturated rings. The van der Waals surface area contributed by atoms with E-state index in [1.54, 1.807) is 0 Å². The first-order chi connectivity index (χ1) is 6.70. The molecule has 1 N–H and O–H groups in total. The quantitative estimate of drug-likeness (QED) is 0.676. The van der Waals surface area contributed by atoms with E-state index in [1.807, 2.05) is 25.1 Å². The van der Waals surface area contributed by atoms with Crippen LogP contribution in [-0.2, 0) is 4.79 Å². The molecule has 1 heterocycles. The maximum Gasteiger partial charge on any atom is 0.268 e. The van der Waals surface area contributed by atoms with Crippen molar-refractivity contribution in [1.82, 2.24) is 0 Å². The molecule has 1 aromatic carbocycles. The summed E-state index contributed by atoms with van der Waals surface area (Å²) in [6, 6.07) is 5.82. The lowest BCUT2D eigenvalue weighted by Gasteiger charge is -2.25. The fourth-order valence-electron chi connectivity index (χ4n) is 1.75. The molecule has 0 unspecified atom stereocenters. The van der Waals surface area contributed by atoms with E-state index in [9.17, 15) is 4.79 Å². The Bertz CT molecular complexity index is 421. The summed E-state index contributed by atoms with van der Waals surface area (Å²) in [7, 11) is 0. The van der Waals surface area contributed by atoms with Crippen molar-refractivity contribution in [3.05, 3.63) is 23.8 Å². The molecule has 1 aliphatic heterocycles. The van der Waals surface area contributed by atoms with Crippen LogP contribution in [0.3, 0.4) is 0 Å². The minimum atomic E-state index is -0.527. The molecule has 1 saturated carbocycles. The van der Waals surface area contributed by atoms with E-state index in [1.165, 1.54) is 0 Å². The number of anilines is 1. The highest BCUT2D eigenvalue weighted by Crippen LogP contribution is 2.46. The van der Waals surface area contributed by atoms with Gasteiger partial charge in [-0.3, -0.25) is 4.79 Å². The number of nitrogens with one attached hydrogen (secondary N) is 1. The lowest BCUT2D eigenvalue weighted by Crippen LogP contribution is -2.38. The Balaban J connectivity index is 2.07. The average molecular weight is 189 g/mol. The molecule has 0 aromatic heterocycles. The predicted octanol–water partition coefficient (Wildman–Crippen LogP) is 1.86. The Morgan fingerprint density at radius 1 is 1.43 bits per heavy atom. The number of rotatable bonds is 0. The van der Waals surface area contributed by atoms with Gasteiger partial charge in [0.1, 0.15) is 5.75 Å². The van der Waals surface area contributed by atoms with Gasteiger partial charge in [0, 0.05) is 12.8 Å². The summed E-state index contributed by atoms with van der Waals surface area (Å²) in [5, 5.41) is 2.88. The highest BCUT2D eigenvalue weighted by Gasteiger charge is 2.55. The molecule has 3 rings (SSSR count). The van der Waals surface area contributed by atoms with E-state index in [0.29, 0.717) is 0 Å². The monoisotopic (exact) mass is 189 g/mol. The summed E-state index contributed by atoms with van der Waals surface area (Å²) in [4.78, 5) is 11.6. The summed E-state index contributed by atoms with van der Waals surface area (Å²) >= 11 is 0. The third kappa shape index (κ3) is 0.953. The number of amides is 1. The number of carbonyl (C=O) groups is 1. The van der Waals surface area contributed by atoms with Crippen LogP contribution < -0.4 is 10.1 Å². The van der Waals surface area contributed by atoms with E-state index in [-0.39, 0.29) is 5.91 Å². The first-order valence-corrected chi connectivity index (χ1v) is 4.81. The lowest BCUT2D eigenvalue weighted by molar-refractivity contribution is -0.125. The van der Waals surface area contributed by atoms with Crippen molar-refractivity contribution in [3.63, 3.8) is 0 Å².